The van der Waals surface area contributed by atoms with Crippen molar-refractivity contribution in [2.75, 3.05) is 26.2 Å². The Bertz CT molecular complexity index is 875. The molecule has 0 unspecified atom stereocenters. The SMILES string of the molecule is CCN(CC)CCOc1ccc(C(O)(c2ccc(Cl)cc2)c2ccc(Cl)cc2)cc1. The summed E-state index contributed by atoms with van der Waals surface area (Å²) in [4.78, 5) is 2.31. The van der Waals surface area contributed by atoms with Crippen LogP contribution in [0.1, 0.15) is 30.5 Å². The summed E-state index contributed by atoms with van der Waals surface area (Å²) in [5.41, 5.74) is 0.853. The molecule has 3 aromatic carbocycles. The van der Waals surface area contributed by atoms with Gasteiger partial charge in [-0.2, -0.15) is 0 Å². The lowest BCUT2D eigenvalue weighted by Gasteiger charge is -2.30. The molecule has 5 heteroatoms. The molecule has 0 aromatic heterocycles. The van der Waals surface area contributed by atoms with Crippen LogP contribution in [0.2, 0.25) is 10.0 Å². The first kappa shape index (κ1) is 22.6. The Kier molecular flexibility index (Phi) is 7.79. The Morgan fingerprint density at radius 2 is 1.13 bits per heavy atom. The van der Waals surface area contributed by atoms with Gasteiger partial charge in [-0.1, -0.05) is 73.4 Å². The summed E-state index contributed by atoms with van der Waals surface area (Å²) < 4.78 is 5.89. The van der Waals surface area contributed by atoms with E-state index in [1.54, 1.807) is 24.3 Å². The minimum Gasteiger partial charge on any atom is -0.492 e. The maximum atomic E-state index is 11.9. The monoisotopic (exact) mass is 443 g/mol. The van der Waals surface area contributed by atoms with Gasteiger partial charge in [-0.3, -0.25) is 0 Å². The van der Waals surface area contributed by atoms with Gasteiger partial charge in [0, 0.05) is 16.6 Å². The van der Waals surface area contributed by atoms with Gasteiger partial charge in [-0.05, 0) is 66.2 Å². The molecule has 0 aliphatic carbocycles. The standard InChI is InChI=1S/C25H27Cl2NO2/c1-3-28(4-2)17-18-30-24-15-9-21(10-16-24)25(29,19-5-11-22(26)12-6-19)20-7-13-23(27)14-8-20/h5-16,29H,3-4,17-18H2,1-2H3. The molecule has 0 spiro atoms. The van der Waals surface area contributed by atoms with Gasteiger partial charge in [0.1, 0.15) is 18.0 Å². The molecule has 0 atom stereocenters. The molecule has 3 aromatic rings. The highest BCUT2D eigenvalue weighted by Crippen LogP contribution is 2.38. The average molecular weight is 444 g/mol. The molecule has 0 aliphatic heterocycles. The lowest BCUT2D eigenvalue weighted by Crippen LogP contribution is -2.29. The number of hydrogen-bond acceptors (Lipinski definition) is 3. The van der Waals surface area contributed by atoms with Gasteiger partial charge in [-0.15, -0.1) is 0 Å². The topological polar surface area (TPSA) is 32.7 Å². The van der Waals surface area contributed by atoms with Crippen molar-refractivity contribution in [2.24, 2.45) is 0 Å². The Balaban J connectivity index is 1.88. The van der Waals surface area contributed by atoms with E-state index in [9.17, 15) is 5.11 Å². The number of nitrogens with zero attached hydrogens (tertiary/aromatic N) is 1. The third-order valence-corrected chi connectivity index (χ3v) is 5.87. The van der Waals surface area contributed by atoms with E-state index in [2.05, 4.69) is 18.7 Å². The summed E-state index contributed by atoms with van der Waals surface area (Å²) in [5, 5.41) is 13.1. The molecule has 158 valence electrons. The van der Waals surface area contributed by atoms with Gasteiger partial charge in [0.25, 0.3) is 0 Å². The maximum Gasteiger partial charge on any atom is 0.140 e. The van der Waals surface area contributed by atoms with Gasteiger partial charge in [0.05, 0.1) is 0 Å². The van der Waals surface area contributed by atoms with E-state index in [1.165, 1.54) is 0 Å². The van der Waals surface area contributed by atoms with Gasteiger partial charge >= 0.3 is 0 Å². The van der Waals surface area contributed by atoms with E-state index in [4.69, 9.17) is 27.9 Å². The zero-order chi connectivity index (χ0) is 21.6. The summed E-state index contributed by atoms with van der Waals surface area (Å²) in [6.45, 7) is 7.81. The van der Waals surface area contributed by atoms with E-state index in [1.807, 2.05) is 48.5 Å². The second-order valence-corrected chi connectivity index (χ2v) is 8.00. The largest absolute Gasteiger partial charge is 0.492 e. The first-order chi connectivity index (χ1) is 14.5. The molecule has 0 heterocycles. The number of ether oxygens (including phenoxy) is 1. The molecule has 0 fully saturated rings. The Morgan fingerprint density at radius 1 is 0.733 bits per heavy atom. The summed E-state index contributed by atoms with van der Waals surface area (Å²) in [6.07, 6.45) is 0. The van der Waals surface area contributed by atoms with Crippen molar-refractivity contribution >= 4 is 23.2 Å². The number of halogens is 2. The quantitative estimate of drug-likeness (QED) is 0.411. The van der Waals surface area contributed by atoms with Crippen LogP contribution in [0.5, 0.6) is 5.75 Å². The molecule has 3 rings (SSSR count). The molecule has 0 saturated carbocycles. The summed E-state index contributed by atoms with van der Waals surface area (Å²) in [7, 11) is 0. The Morgan fingerprint density at radius 3 is 1.53 bits per heavy atom. The normalized spacial score (nSPS) is 11.7. The smallest absolute Gasteiger partial charge is 0.140 e. The third-order valence-electron chi connectivity index (χ3n) is 5.37. The first-order valence-electron chi connectivity index (χ1n) is 10.2. The number of hydrogen-bond donors (Lipinski definition) is 1. The third kappa shape index (κ3) is 5.16. The van der Waals surface area contributed by atoms with Crippen LogP contribution in [-0.4, -0.2) is 36.2 Å². The Hall–Kier alpha value is -2.04. The van der Waals surface area contributed by atoms with Crippen LogP contribution in [0.25, 0.3) is 0 Å². The van der Waals surface area contributed by atoms with E-state index in [0.717, 1.165) is 42.1 Å². The first-order valence-corrected chi connectivity index (χ1v) is 10.9. The lowest BCUT2D eigenvalue weighted by atomic mass is 9.80. The second-order valence-electron chi connectivity index (χ2n) is 7.12. The Labute approximate surface area is 188 Å². The molecule has 0 saturated heterocycles. The lowest BCUT2D eigenvalue weighted by molar-refractivity contribution is 0.125. The zero-order valence-electron chi connectivity index (χ0n) is 17.3. The highest BCUT2D eigenvalue weighted by Gasteiger charge is 2.33. The van der Waals surface area contributed by atoms with Gasteiger partial charge in [0.15, 0.2) is 0 Å². The minimum atomic E-state index is -1.34. The number of benzene rings is 3. The maximum absolute atomic E-state index is 11.9. The van der Waals surface area contributed by atoms with Crippen molar-refractivity contribution < 1.29 is 9.84 Å². The molecule has 3 nitrogen and oxygen atoms in total. The molecule has 0 amide bonds. The molecule has 30 heavy (non-hydrogen) atoms. The summed E-state index contributed by atoms with van der Waals surface area (Å²) in [5.74, 6) is 0.778. The van der Waals surface area contributed by atoms with E-state index in [0.29, 0.717) is 16.7 Å². The zero-order valence-corrected chi connectivity index (χ0v) is 18.8. The fourth-order valence-electron chi connectivity index (χ4n) is 3.51. The van der Waals surface area contributed by atoms with Crippen molar-refractivity contribution in [1.29, 1.82) is 0 Å². The molecule has 0 bridgehead atoms. The van der Waals surface area contributed by atoms with Gasteiger partial charge in [-0.25, -0.2) is 0 Å². The van der Waals surface area contributed by atoms with Crippen LogP contribution >= 0.6 is 23.2 Å². The molecule has 1 N–H and O–H groups in total. The number of likely N-dealkylation sites (N-methyl/N-ethyl adjacent to an activating group) is 1. The fraction of sp³-hybridized carbons (Fsp3) is 0.280. The van der Waals surface area contributed by atoms with Crippen LogP contribution in [-0.2, 0) is 5.60 Å². The number of aliphatic hydroxyl groups is 1. The van der Waals surface area contributed by atoms with Crippen molar-refractivity contribution in [3.8, 4) is 5.75 Å². The van der Waals surface area contributed by atoms with E-state index in [-0.39, 0.29) is 0 Å². The highest BCUT2D eigenvalue weighted by atomic mass is 35.5. The molecular weight excluding hydrogens is 417 g/mol. The fourth-order valence-corrected chi connectivity index (χ4v) is 3.76. The van der Waals surface area contributed by atoms with Crippen molar-refractivity contribution in [3.63, 3.8) is 0 Å². The molecular formula is C25H27Cl2NO2. The van der Waals surface area contributed by atoms with Crippen molar-refractivity contribution in [1.82, 2.24) is 4.90 Å². The van der Waals surface area contributed by atoms with Crippen LogP contribution in [0.3, 0.4) is 0 Å². The van der Waals surface area contributed by atoms with Crippen molar-refractivity contribution in [3.05, 3.63) is 99.5 Å². The van der Waals surface area contributed by atoms with Gasteiger partial charge in [0.2, 0.25) is 0 Å². The highest BCUT2D eigenvalue weighted by molar-refractivity contribution is 6.30. The molecule has 0 aliphatic rings. The van der Waals surface area contributed by atoms with Crippen LogP contribution < -0.4 is 4.74 Å². The summed E-state index contributed by atoms with van der Waals surface area (Å²) in [6, 6.07) is 22.1. The minimum absolute atomic E-state index is 0.620. The van der Waals surface area contributed by atoms with E-state index >= 15 is 0 Å². The predicted octanol–water partition coefficient (Wildman–Crippen LogP) is 6.00. The number of rotatable bonds is 9. The second kappa shape index (κ2) is 10.3. The van der Waals surface area contributed by atoms with Crippen molar-refractivity contribution in [2.45, 2.75) is 19.4 Å². The van der Waals surface area contributed by atoms with Gasteiger partial charge < -0.3 is 14.7 Å². The summed E-state index contributed by atoms with van der Waals surface area (Å²) >= 11 is 12.1. The average Bonchev–Trinajstić information content (AvgIpc) is 2.77. The van der Waals surface area contributed by atoms with Crippen LogP contribution in [0.4, 0.5) is 0 Å². The molecule has 0 radical (unpaired) electrons. The van der Waals surface area contributed by atoms with E-state index < -0.39 is 5.60 Å². The van der Waals surface area contributed by atoms with Crippen LogP contribution in [0.15, 0.2) is 72.8 Å². The van der Waals surface area contributed by atoms with Crippen LogP contribution in [0, 0.1) is 0 Å². The predicted molar refractivity (Wildman–Crippen MR) is 125 cm³/mol.